The van der Waals surface area contributed by atoms with Gasteiger partial charge in [-0.1, -0.05) is 148 Å². The van der Waals surface area contributed by atoms with Crippen molar-refractivity contribution in [3.8, 4) is 6.07 Å². The number of nitriles is 1. The fourth-order valence-electron chi connectivity index (χ4n) is 9.16. The third kappa shape index (κ3) is 16.7. The summed E-state index contributed by atoms with van der Waals surface area (Å²) in [6, 6.07) is 62.1. The van der Waals surface area contributed by atoms with Crippen LogP contribution >= 0.6 is 11.6 Å². The molecule has 3 aromatic heterocycles. The Kier molecular flexibility index (Phi) is 20.5. The van der Waals surface area contributed by atoms with Gasteiger partial charge in [0, 0.05) is 56.8 Å². The molecule has 0 fully saturated rings. The third-order valence-corrected chi connectivity index (χ3v) is 13.9. The summed E-state index contributed by atoms with van der Waals surface area (Å²) in [5, 5.41) is 28.3. The van der Waals surface area contributed by atoms with Crippen LogP contribution in [0.3, 0.4) is 0 Å². The van der Waals surface area contributed by atoms with Gasteiger partial charge in [0.05, 0.1) is 11.6 Å². The van der Waals surface area contributed by atoms with Crippen molar-refractivity contribution < 1.29 is 14.1 Å². The molecule has 83 heavy (non-hydrogen) atoms. The van der Waals surface area contributed by atoms with Crippen molar-refractivity contribution >= 4 is 72.4 Å². The number of benzene rings is 8. The fraction of sp³-hybridized carbons (Fsp3) is 0.171. The molecule has 13 heteroatoms. The first kappa shape index (κ1) is 59.4. The molecular weight excluding hydrogens is 1050 g/mol. The highest BCUT2D eigenvalue weighted by Gasteiger charge is 2.13. The van der Waals surface area contributed by atoms with Gasteiger partial charge in [0.25, 0.3) is 0 Å². The Morgan fingerprint density at radius 2 is 1.01 bits per heavy atom. The number of aryl methyl sites for hydroxylation is 8. The molecule has 0 spiro atoms. The first-order valence-electron chi connectivity index (χ1n) is 27.3. The van der Waals surface area contributed by atoms with Crippen LogP contribution in [0.25, 0.3) is 43.4 Å². The van der Waals surface area contributed by atoms with Crippen LogP contribution in [0, 0.1) is 65.6 Å². The van der Waals surface area contributed by atoms with Crippen molar-refractivity contribution in [1.82, 2.24) is 15.0 Å². The van der Waals surface area contributed by atoms with E-state index < -0.39 is 0 Å². The van der Waals surface area contributed by atoms with Crippen molar-refractivity contribution in [2.24, 2.45) is 21.8 Å². The summed E-state index contributed by atoms with van der Waals surface area (Å²) in [4.78, 5) is 22.6. The zero-order chi connectivity index (χ0) is 58.8. The molecular formula is C70H67ClFN9O2. The Bertz CT molecular complexity index is 4020. The molecule has 11 nitrogen and oxygen atoms in total. The predicted octanol–water partition coefficient (Wildman–Crippen LogP) is 16.1. The number of hydrogen-bond donors (Lipinski definition) is 3. The molecule has 0 unspecified atom stereocenters. The summed E-state index contributed by atoms with van der Waals surface area (Å²) in [6.45, 7) is 16.0. The Labute approximate surface area is 490 Å². The van der Waals surface area contributed by atoms with E-state index in [1.807, 2.05) is 174 Å². The maximum absolute atomic E-state index is 13.0. The van der Waals surface area contributed by atoms with Gasteiger partial charge in [0.1, 0.15) is 24.8 Å². The Morgan fingerprint density at radius 3 is 1.65 bits per heavy atom. The quantitative estimate of drug-likeness (QED) is 0.134. The minimum Gasteiger partial charge on any atom is -0.389 e. The molecule has 11 aromatic rings. The number of fused-ring (bicyclic) bond motifs is 7. The molecule has 0 saturated carbocycles. The molecule has 0 aliphatic carbocycles. The first-order chi connectivity index (χ1) is 40.1. The summed E-state index contributed by atoms with van der Waals surface area (Å²) >= 11 is 5.86. The highest BCUT2D eigenvalue weighted by atomic mass is 35.5. The van der Waals surface area contributed by atoms with Gasteiger partial charge in [-0.15, -0.1) is 0 Å². The van der Waals surface area contributed by atoms with E-state index in [1.54, 1.807) is 19.2 Å². The second-order valence-electron chi connectivity index (χ2n) is 20.4. The Morgan fingerprint density at radius 1 is 0.518 bits per heavy atom. The normalized spacial score (nSPS) is 12.2. The maximum atomic E-state index is 13.0. The number of anilines is 1. The predicted molar refractivity (Wildman–Crippen MR) is 339 cm³/mol. The summed E-state index contributed by atoms with van der Waals surface area (Å²) in [5.74, 6) is 1.91. The molecule has 8 aromatic carbocycles. The zero-order valence-electron chi connectivity index (χ0n) is 47.8. The summed E-state index contributed by atoms with van der Waals surface area (Å²) in [5.41, 5.74) is 26.0. The van der Waals surface area contributed by atoms with Crippen LogP contribution < -0.4 is 16.8 Å². The van der Waals surface area contributed by atoms with E-state index in [0.717, 1.165) is 89.3 Å². The van der Waals surface area contributed by atoms with Crippen molar-refractivity contribution in [1.29, 1.82) is 5.26 Å². The van der Waals surface area contributed by atoms with E-state index in [1.165, 1.54) is 51.3 Å². The van der Waals surface area contributed by atoms with Gasteiger partial charge in [-0.3, -0.25) is 0 Å². The highest BCUT2D eigenvalue weighted by Crippen LogP contribution is 2.23. The SMILES string of the molecule is Cc1cc2ccccc2cc1C#N.Cc1cc2ccccc2cc1F.Cc1ccc2c(c1)C(N)=NOC2.Cc1ccc2c(c1)C(N)=NOC2.Cc1ccc2c(n1)NCCC2.Cc1ccc2cc(Cl)ccc2c1.Cc1ccc2cccnc2n1. The van der Waals surface area contributed by atoms with Gasteiger partial charge in [-0.25, -0.2) is 19.3 Å². The number of pyridine rings is 3. The average Bonchev–Trinajstić information content (AvgIpc) is 3.54. The zero-order valence-corrected chi connectivity index (χ0v) is 48.6. The summed E-state index contributed by atoms with van der Waals surface area (Å²) < 4.78 is 13.0. The van der Waals surface area contributed by atoms with Crippen LogP contribution in [0.4, 0.5) is 10.2 Å². The second kappa shape index (κ2) is 28.6. The smallest absolute Gasteiger partial charge is 0.170 e. The van der Waals surface area contributed by atoms with E-state index in [4.69, 9.17) is 38.0 Å². The number of oxime groups is 2. The van der Waals surface area contributed by atoms with Crippen LogP contribution in [0.2, 0.25) is 5.02 Å². The van der Waals surface area contributed by atoms with Gasteiger partial charge >= 0.3 is 0 Å². The van der Waals surface area contributed by atoms with E-state index in [-0.39, 0.29) is 5.82 Å². The van der Waals surface area contributed by atoms with Gasteiger partial charge < -0.3 is 26.5 Å². The summed E-state index contributed by atoms with van der Waals surface area (Å²) in [7, 11) is 0. The largest absolute Gasteiger partial charge is 0.389 e. The monoisotopic (exact) mass is 1120 g/mol. The third-order valence-electron chi connectivity index (χ3n) is 13.7. The topological polar surface area (TPSA) is 170 Å². The number of aromatic nitrogens is 3. The molecule has 418 valence electrons. The number of nitrogens with one attached hydrogen (secondary N) is 1. The minimum absolute atomic E-state index is 0.131. The summed E-state index contributed by atoms with van der Waals surface area (Å²) in [6.07, 6.45) is 4.17. The van der Waals surface area contributed by atoms with Crippen molar-refractivity contribution in [2.45, 2.75) is 74.5 Å². The van der Waals surface area contributed by atoms with Crippen molar-refractivity contribution in [3.05, 3.63) is 272 Å². The number of nitrogens with two attached hydrogens (primary N) is 2. The molecule has 14 rings (SSSR count). The Hall–Kier alpha value is -9.70. The molecule has 0 saturated heterocycles. The van der Waals surface area contributed by atoms with Gasteiger partial charge in [0.15, 0.2) is 17.3 Å². The van der Waals surface area contributed by atoms with E-state index in [9.17, 15) is 4.39 Å². The lowest BCUT2D eigenvalue weighted by molar-refractivity contribution is 0.125. The van der Waals surface area contributed by atoms with E-state index in [2.05, 4.69) is 80.0 Å². The molecule has 3 aliphatic rings. The fourth-order valence-corrected chi connectivity index (χ4v) is 9.34. The lowest BCUT2D eigenvalue weighted by Gasteiger charge is -2.16. The molecule has 0 radical (unpaired) electrons. The van der Waals surface area contributed by atoms with Crippen molar-refractivity contribution in [3.63, 3.8) is 0 Å². The van der Waals surface area contributed by atoms with Crippen LogP contribution in [-0.4, -0.2) is 33.2 Å². The lowest BCUT2D eigenvalue weighted by atomic mass is 10.0. The van der Waals surface area contributed by atoms with E-state index in [0.29, 0.717) is 30.4 Å². The number of nitrogens with zero attached hydrogens (tertiary/aromatic N) is 6. The number of rotatable bonds is 0. The standard InChI is InChI=1S/C12H9N.C11H9Cl.C11H9F.2C9H10N2O.C9H12N2.C9H8N2/c1-9-6-10-4-2-3-5-11(10)7-12(9)8-13;1-8-2-3-10-7-11(12)5-4-9(10)6-8;1-8-6-9-4-2-3-5-10(9)7-11(8)12;2*1-6-2-3-7-5-12-11-9(10)8(7)4-6;2*1-7-4-5-8-3-2-6-10-9(8)11-7/h2-7H,1H3;2*2-7H,1H3;2*2-4H,5H2,1H3,(H2,10,11);4-5H,2-3,6H2,1H3,(H,10,11);2-6H,1H3. The van der Waals surface area contributed by atoms with Crippen LogP contribution in [0.1, 0.15) is 79.0 Å². The average molecular weight is 1120 g/mol. The number of amidine groups is 2. The van der Waals surface area contributed by atoms with Gasteiger partial charge in [-0.05, 0) is 183 Å². The minimum atomic E-state index is -0.131. The lowest BCUT2D eigenvalue weighted by Crippen LogP contribution is -2.20. The molecule has 3 aliphatic heterocycles. The van der Waals surface area contributed by atoms with E-state index >= 15 is 0 Å². The van der Waals surface area contributed by atoms with Crippen LogP contribution in [0.5, 0.6) is 0 Å². The Balaban J connectivity index is 0.000000127. The number of hydrogen-bond acceptors (Lipinski definition) is 11. The van der Waals surface area contributed by atoms with Crippen LogP contribution in [-0.2, 0) is 29.3 Å². The molecule has 6 heterocycles. The highest BCUT2D eigenvalue weighted by molar-refractivity contribution is 6.31. The molecule has 0 atom stereocenters. The van der Waals surface area contributed by atoms with Crippen LogP contribution in [0.15, 0.2) is 198 Å². The van der Waals surface area contributed by atoms with Gasteiger partial charge in [-0.2, -0.15) is 5.26 Å². The second-order valence-corrected chi connectivity index (χ2v) is 20.8. The maximum Gasteiger partial charge on any atom is 0.170 e. The molecule has 5 N–H and O–H groups in total. The van der Waals surface area contributed by atoms with Gasteiger partial charge in [0.2, 0.25) is 0 Å². The van der Waals surface area contributed by atoms with Crippen molar-refractivity contribution in [2.75, 3.05) is 11.9 Å². The molecule has 0 amide bonds. The molecule has 0 bridgehead atoms. The first-order valence-corrected chi connectivity index (χ1v) is 27.7. The number of halogens is 2.